The minimum atomic E-state index is -0.535. The summed E-state index contributed by atoms with van der Waals surface area (Å²) in [5.41, 5.74) is 0.770. The van der Waals surface area contributed by atoms with Gasteiger partial charge in [-0.2, -0.15) is 0 Å². The lowest BCUT2D eigenvalue weighted by Gasteiger charge is -2.03. The number of nitrogens with one attached hydrogen (secondary N) is 1. The molecule has 96 valence electrons. The molecule has 2 nitrogen and oxygen atoms in total. The highest BCUT2D eigenvalue weighted by molar-refractivity contribution is 7.22. The van der Waals surface area contributed by atoms with Crippen LogP contribution in [0.1, 0.15) is 0 Å². The van der Waals surface area contributed by atoms with E-state index in [9.17, 15) is 8.78 Å². The number of aromatic nitrogens is 1. The number of benzene rings is 2. The van der Waals surface area contributed by atoms with E-state index in [0.717, 1.165) is 28.4 Å². The van der Waals surface area contributed by atoms with E-state index >= 15 is 0 Å². The molecular formula is C13H7ClF2N2S. The third-order valence-corrected chi connectivity index (χ3v) is 3.98. The van der Waals surface area contributed by atoms with Gasteiger partial charge < -0.3 is 5.32 Å². The van der Waals surface area contributed by atoms with Crippen molar-refractivity contribution in [2.45, 2.75) is 0 Å². The van der Waals surface area contributed by atoms with Gasteiger partial charge in [0.2, 0.25) is 0 Å². The fourth-order valence-electron chi connectivity index (χ4n) is 1.68. The van der Waals surface area contributed by atoms with Crippen LogP contribution in [0, 0.1) is 11.6 Å². The quantitative estimate of drug-likeness (QED) is 0.722. The number of hydrogen-bond acceptors (Lipinski definition) is 3. The second kappa shape index (κ2) is 4.75. The van der Waals surface area contributed by atoms with E-state index in [4.69, 9.17) is 11.6 Å². The molecule has 0 atom stereocenters. The Hall–Kier alpha value is -1.72. The Morgan fingerprint density at radius 1 is 1.16 bits per heavy atom. The first-order chi connectivity index (χ1) is 9.13. The van der Waals surface area contributed by atoms with Crippen molar-refractivity contribution in [3.05, 3.63) is 53.1 Å². The van der Waals surface area contributed by atoms with Crippen LogP contribution in [0.2, 0.25) is 5.02 Å². The lowest BCUT2D eigenvalue weighted by atomic mass is 10.3. The van der Waals surface area contributed by atoms with E-state index < -0.39 is 11.6 Å². The molecule has 1 N–H and O–H groups in total. The summed E-state index contributed by atoms with van der Waals surface area (Å²) in [6.07, 6.45) is 0. The number of halogens is 3. The Kier molecular flexibility index (Phi) is 3.08. The fourth-order valence-corrected chi connectivity index (χ4v) is 2.84. The maximum Gasteiger partial charge on any atom is 0.188 e. The molecule has 6 heteroatoms. The molecule has 0 saturated heterocycles. The van der Waals surface area contributed by atoms with Crippen LogP contribution < -0.4 is 5.32 Å². The second-order valence-electron chi connectivity index (χ2n) is 3.86. The van der Waals surface area contributed by atoms with Crippen LogP contribution in [0.25, 0.3) is 10.2 Å². The van der Waals surface area contributed by atoms with Gasteiger partial charge in [-0.1, -0.05) is 29.0 Å². The molecule has 0 aliphatic carbocycles. The predicted molar refractivity (Wildman–Crippen MR) is 74.3 cm³/mol. The summed E-state index contributed by atoms with van der Waals surface area (Å²) in [6, 6.07) is 8.58. The van der Waals surface area contributed by atoms with E-state index in [0.29, 0.717) is 10.2 Å². The highest BCUT2D eigenvalue weighted by Gasteiger charge is 2.09. The topological polar surface area (TPSA) is 24.9 Å². The van der Waals surface area contributed by atoms with Crippen molar-refractivity contribution >= 4 is 44.0 Å². The number of thiazole rings is 1. The molecule has 0 saturated carbocycles. The Bertz CT molecular complexity index is 757. The monoisotopic (exact) mass is 296 g/mol. The van der Waals surface area contributed by atoms with Crippen LogP contribution in [0.3, 0.4) is 0 Å². The molecule has 2 aromatic carbocycles. The molecule has 0 unspecified atom stereocenters. The van der Waals surface area contributed by atoms with E-state index in [1.54, 1.807) is 12.1 Å². The molecule has 0 amide bonds. The van der Waals surface area contributed by atoms with Gasteiger partial charge in [-0.25, -0.2) is 13.8 Å². The molecule has 0 aliphatic heterocycles. The smallest absolute Gasteiger partial charge is 0.188 e. The molecule has 0 radical (unpaired) electrons. The maximum atomic E-state index is 13.5. The summed E-state index contributed by atoms with van der Waals surface area (Å²) in [4.78, 5) is 4.27. The van der Waals surface area contributed by atoms with Crippen LogP contribution in [0.5, 0.6) is 0 Å². The number of hydrogen-bond donors (Lipinski definition) is 1. The van der Waals surface area contributed by atoms with Gasteiger partial charge in [-0.05, 0) is 24.3 Å². The van der Waals surface area contributed by atoms with Gasteiger partial charge in [0.05, 0.1) is 20.9 Å². The summed E-state index contributed by atoms with van der Waals surface area (Å²) in [5, 5.41) is 3.81. The first-order valence-corrected chi connectivity index (χ1v) is 6.60. The fraction of sp³-hybridized carbons (Fsp3) is 0. The SMILES string of the molecule is Fc1ccc(F)c(Nc2nc3cccc(Cl)c3s2)c1. The van der Waals surface area contributed by atoms with Crippen LogP contribution >= 0.6 is 22.9 Å². The zero-order chi connectivity index (χ0) is 13.4. The van der Waals surface area contributed by atoms with Gasteiger partial charge in [-0.3, -0.25) is 0 Å². The minimum Gasteiger partial charge on any atom is -0.329 e. The zero-order valence-electron chi connectivity index (χ0n) is 9.45. The van der Waals surface area contributed by atoms with Crippen LogP contribution in [0.15, 0.2) is 36.4 Å². The lowest BCUT2D eigenvalue weighted by Crippen LogP contribution is -1.93. The van der Waals surface area contributed by atoms with Crippen molar-refractivity contribution < 1.29 is 8.78 Å². The summed E-state index contributed by atoms with van der Waals surface area (Å²) in [5.74, 6) is -1.05. The molecular weight excluding hydrogens is 290 g/mol. The summed E-state index contributed by atoms with van der Waals surface area (Å²) >= 11 is 7.33. The normalized spacial score (nSPS) is 10.9. The van der Waals surface area contributed by atoms with Crippen molar-refractivity contribution in [1.29, 1.82) is 0 Å². The molecule has 0 bridgehead atoms. The Morgan fingerprint density at radius 3 is 2.79 bits per heavy atom. The average molecular weight is 297 g/mol. The zero-order valence-corrected chi connectivity index (χ0v) is 11.0. The third-order valence-electron chi connectivity index (χ3n) is 2.54. The van der Waals surface area contributed by atoms with E-state index in [2.05, 4.69) is 10.3 Å². The van der Waals surface area contributed by atoms with Gasteiger partial charge in [0.1, 0.15) is 11.6 Å². The number of fused-ring (bicyclic) bond motifs is 1. The van der Waals surface area contributed by atoms with Crippen LogP contribution in [-0.4, -0.2) is 4.98 Å². The molecule has 19 heavy (non-hydrogen) atoms. The van der Waals surface area contributed by atoms with Gasteiger partial charge >= 0.3 is 0 Å². The standard InChI is InChI=1S/C13H7ClF2N2S/c14-8-2-1-3-10-12(8)19-13(17-10)18-11-6-7(15)4-5-9(11)16/h1-6H,(H,17,18). The molecule has 0 spiro atoms. The Balaban J connectivity index is 2.01. The molecule has 3 aromatic rings. The number of anilines is 2. The summed E-state index contributed by atoms with van der Waals surface area (Å²) in [7, 11) is 0. The predicted octanol–water partition coefficient (Wildman–Crippen LogP) is 4.97. The highest BCUT2D eigenvalue weighted by atomic mass is 35.5. The highest BCUT2D eigenvalue weighted by Crippen LogP contribution is 2.33. The van der Waals surface area contributed by atoms with Gasteiger partial charge in [0.25, 0.3) is 0 Å². The van der Waals surface area contributed by atoms with E-state index in [1.165, 1.54) is 11.3 Å². The first kappa shape index (κ1) is 12.3. The van der Waals surface area contributed by atoms with Crippen LogP contribution in [0.4, 0.5) is 19.6 Å². The van der Waals surface area contributed by atoms with Gasteiger partial charge in [-0.15, -0.1) is 0 Å². The summed E-state index contributed by atoms with van der Waals surface area (Å²) < 4.78 is 27.4. The van der Waals surface area contributed by atoms with E-state index in [-0.39, 0.29) is 5.69 Å². The lowest BCUT2D eigenvalue weighted by molar-refractivity contribution is 0.603. The molecule has 1 aromatic heterocycles. The van der Waals surface area contributed by atoms with Gasteiger partial charge in [0, 0.05) is 6.07 Å². The van der Waals surface area contributed by atoms with Crippen LogP contribution in [-0.2, 0) is 0 Å². The maximum absolute atomic E-state index is 13.5. The van der Waals surface area contributed by atoms with Crippen molar-refractivity contribution in [3.8, 4) is 0 Å². The average Bonchev–Trinajstić information content (AvgIpc) is 2.78. The minimum absolute atomic E-state index is 0.0511. The van der Waals surface area contributed by atoms with Gasteiger partial charge in [0.15, 0.2) is 5.13 Å². The first-order valence-electron chi connectivity index (χ1n) is 5.40. The van der Waals surface area contributed by atoms with Crippen molar-refractivity contribution in [2.24, 2.45) is 0 Å². The van der Waals surface area contributed by atoms with Crippen molar-refractivity contribution in [2.75, 3.05) is 5.32 Å². The molecule has 3 rings (SSSR count). The van der Waals surface area contributed by atoms with Crippen molar-refractivity contribution in [1.82, 2.24) is 4.98 Å². The van der Waals surface area contributed by atoms with Crippen molar-refractivity contribution in [3.63, 3.8) is 0 Å². The summed E-state index contributed by atoms with van der Waals surface area (Å²) in [6.45, 7) is 0. The molecule has 1 heterocycles. The Labute approximate surface area is 116 Å². The second-order valence-corrected chi connectivity index (χ2v) is 5.26. The largest absolute Gasteiger partial charge is 0.329 e. The molecule has 0 fully saturated rings. The molecule has 0 aliphatic rings. The number of rotatable bonds is 2. The van der Waals surface area contributed by atoms with E-state index in [1.807, 2.05) is 6.07 Å². The third kappa shape index (κ3) is 2.39. The number of nitrogens with zero attached hydrogens (tertiary/aromatic N) is 1. The Morgan fingerprint density at radius 2 is 2.00 bits per heavy atom.